The molecular weight excluding hydrogens is 276 g/mol. The van der Waals surface area contributed by atoms with Crippen molar-refractivity contribution in [1.29, 1.82) is 0 Å². The third-order valence-electron chi connectivity index (χ3n) is 3.63. The summed E-state index contributed by atoms with van der Waals surface area (Å²) in [6.45, 7) is 4.62. The normalized spacial score (nSPS) is 10.8. The summed E-state index contributed by atoms with van der Waals surface area (Å²) in [7, 11) is 0. The average Bonchev–Trinajstić information content (AvgIpc) is 2.47. The van der Waals surface area contributed by atoms with E-state index in [0.29, 0.717) is 12.4 Å². The molecule has 0 amide bonds. The van der Waals surface area contributed by atoms with Crippen LogP contribution >= 0.6 is 0 Å². The van der Waals surface area contributed by atoms with Crippen molar-refractivity contribution >= 4 is 22.7 Å². The number of anilines is 2. The van der Waals surface area contributed by atoms with Crippen LogP contribution in [0.3, 0.4) is 0 Å². The van der Waals surface area contributed by atoms with Crippen LogP contribution in [-0.2, 0) is 0 Å². The summed E-state index contributed by atoms with van der Waals surface area (Å²) in [4.78, 5) is 8.31. The molecular formula is C17H18N4O. The Kier molecular flexibility index (Phi) is 3.55. The molecule has 0 fully saturated rings. The number of aryl methyl sites for hydroxylation is 1. The van der Waals surface area contributed by atoms with Crippen LogP contribution in [0.4, 0.5) is 11.8 Å². The van der Waals surface area contributed by atoms with Crippen LogP contribution in [0.5, 0.6) is 5.75 Å². The quantitative estimate of drug-likeness (QED) is 0.774. The van der Waals surface area contributed by atoms with Crippen LogP contribution < -0.4 is 16.2 Å². The fourth-order valence-corrected chi connectivity index (χ4v) is 2.67. The van der Waals surface area contributed by atoms with E-state index in [-0.39, 0.29) is 5.95 Å². The van der Waals surface area contributed by atoms with Gasteiger partial charge in [0.05, 0.1) is 12.1 Å². The topological polar surface area (TPSA) is 87.0 Å². The predicted molar refractivity (Wildman–Crippen MR) is 89.7 cm³/mol. The molecule has 0 atom stereocenters. The van der Waals surface area contributed by atoms with Gasteiger partial charge in [-0.3, -0.25) is 0 Å². The largest absolute Gasteiger partial charge is 0.494 e. The lowest BCUT2D eigenvalue weighted by Crippen LogP contribution is -2.02. The second-order valence-electron chi connectivity index (χ2n) is 5.06. The van der Waals surface area contributed by atoms with Crippen LogP contribution in [-0.4, -0.2) is 16.6 Å². The number of nitrogens with zero attached hydrogens (tertiary/aromatic N) is 2. The highest BCUT2D eigenvalue weighted by atomic mass is 16.5. The van der Waals surface area contributed by atoms with Gasteiger partial charge in [0.25, 0.3) is 0 Å². The van der Waals surface area contributed by atoms with E-state index in [1.54, 1.807) is 0 Å². The molecule has 4 N–H and O–H groups in total. The molecule has 0 aliphatic heterocycles. The lowest BCUT2D eigenvalue weighted by Gasteiger charge is -2.12. The van der Waals surface area contributed by atoms with Gasteiger partial charge in [0, 0.05) is 5.39 Å². The van der Waals surface area contributed by atoms with Crippen LogP contribution in [0.1, 0.15) is 12.5 Å². The van der Waals surface area contributed by atoms with Gasteiger partial charge in [-0.25, -0.2) is 4.98 Å². The molecule has 0 bridgehead atoms. The highest BCUT2D eigenvalue weighted by Gasteiger charge is 2.11. The molecule has 1 heterocycles. The van der Waals surface area contributed by atoms with Gasteiger partial charge in [-0.15, -0.1) is 0 Å². The van der Waals surface area contributed by atoms with Crippen molar-refractivity contribution < 1.29 is 4.74 Å². The first-order valence-electron chi connectivity index (χ1n) is 7.15. The number of hydrogen-bond donors (Lipinski definition) is 2. The summed E-state index contributed by atoms with van der Waals surface area (Å²) in [6.07, 6.45) is 0. The Morgan fingerprint density at radius 3 is 2.68 bits per heavy atom. The van der Waals surface area contributed by atoms with E-state index in [0.717, 1.165) is 33.3 Å². The third kappa shape index (κ3) is 2.41. The van der Waals surface area contributed by atoms with E-state index >= 15 is 0 Å². The number of ether oxygens (including phenoxy) is 1. The van der Waals surface area contributed by atoms with Gasteiger partial charge >= 0.3 is 0 Å². The minimum atomic E-state index is 0.190. The number of fused-ring (bicyclic) bond motifs is 1. The number of rotatable bonds is 3. The molecule has 5 heteroatoms. The molecule has 1 aromatic heterocycles. The van der Waals surface area contributed by atoms with Gasteiger partial charge in [0.1, 0.15) is 11.6 Å². The van der Waals surface area contributed by atoms with Gasteiger partial charge in [0.15, 0.2) is 0 Å². The van der Waals surface area contributed by atoms with Gasteiger partial charge in [-0.1, -0.05) is 18.2 Å². The number of benzene rings is 2. The molecule has 0 radical (unpaired) electrons. The Bertz CT molecular complexity index is 845. The zero-order valence-corrected chi connectivity index (χ0v) is 12.6. The van der Waals surface area contributed by atoms with Crippen molar-refractivity contribution in [1.82, 2.24) is 9.97 Å². The molecule has 22 heavy (non-hydrogen) atoms. The van der Waals surface area contributed by atoms with Gasteiger partial charge in [0.2, 0.25) is 5.95 Å². The summed E-state index contributed by atoms with van der Waals surface area (Å²) in [5.74, 6) is 1.44. The van der Waals surface area contributed by atoms with Crippen molar-refractivity contribution in [2.75, 3.05) is 18.1 Å². The van der Waals surface area contributed by atoms with Crippen LogP contribution in [0.15, 0.2) is 36.4 Å². The van der Waals surface area contributed by atoms with E-state index in [9.17, 15) is 0 Å². The Morgan fingerprint density at radius 2 is 1.91 bits per heavy atom. The molecule has 3 rings (SSSR count). The number of hydrogen-bond acceptors (Lipinski definition) is 5. The predicted octanol–water partition coefficient (Wildman–Crippen LogP) is 3.17. The fraction of sp³-hybridized carbons (Fsp3) is 0.176. The maximum atomic E-state index is 6.03. The summed E-state index contributed by atoms with van der Waals surface area (Å²) < 4.78 is 5.57. The second kappa shape index (κ2) is 5.52. The van der Waals surface area contributed by atoms with Gasteiger partial charge < -0.3 is 16.2 Å². The van der Waals surface area contributed by atoms with Crippen LogP contribution in [0.25, 0.3) is 22.0 Å². The molecule has 112 valence electrons. The lowest BCUT2D eigenvalue weighted by molar-refractivity contribution is 0.340. The molecule has 0 aliphatic rings. The minimum absolute atomic E-state index is 0.190. The smallest absolute Gasteiger partial charge is 0.222 e. The van der Waals surface area contributed by atoms with Crippen molar-refractivity contribution in [2.24, 2.45) is 0 Å². The minimum Gasteiger partial charge on any atom is -0.494 e. The summed E-state index contributed by atoms with van der Waals surface area (Å²) in [5, 5.41) is 0.841. The van der Waals surface area contributed by atoms with Crippen molar-refractivity contribution in [2.45, 2.75) is 13.8 Å². The first-order valence-corrected chi connectivity index (χ1v) is 7.15. The first kappa shape index (κ1) is 14.1. The SMILES string of the molecule is CCOc1cccc(-c2ccc3nc(N)nc(N)c3c2C)c1. The molecule has 5 nitrogen and oxygen atoms in total. The molecule has 0 aliphatic carbocycles. The second-order valence-corrected chi connectivity index (χ2v) is 5.06. The van der Waals surface area contributed by atoms with Crippen LogP contribution in [0, 0.1) is 6.92 Å². The lowest BCUT2D eigenvalue weighted by atomic mass is 9.97. The van der Waals surface area contributed by atoms with E-state index in [2.05, 4.69) is 9.97 Å². The summed E-state index contributed by atoms with van der Waals surface area (Å²) in [6, 6.07) is 11.9. The molecule has 3 aromatic rings. The molecule has 0 saturated carbocycles. The first-order chi connectivity index (χ1) is 10.6. The zero-order chi connectivity index (χ0) is 15.7. The van der Waals surface area contributed by atoms with Crippen LogP contribution in [0.2, 0.25) is 0 Å². The number of nitrogen functional groups attached to an aromatic ring is 2. The van der Waals surface area contributed by atoms with Gasteiger partial charge in [-0.05, 0) is 48.7 Å². The maximum absolute atomic E-state index is 6.03. The fourth-order valence-electron chi connectivity index (χ4n) is 2.67. The summed E-state index contributed by atoms with van der Waals surface area (Å²) >= 11 is 0. The highest BCUT2D eigenvalue weighted by Crippen LogP contribution is 2.33. The van der Waals surface area contributed by atoms with E-state index < -0.39 is 0 Å². The Hall–Kier alpha value is -2.82. The molecule has 0 spiro atoms. The van der Waals surface area contributed by atoms with E-state index in [4.69, 9.17) is 16.2 Å². The zero-order valence-electron chi connectivity index (χ0n) is 12.6. The highest BCUT2D eigenvalue weighted by molar-refractivity contribution is 5.96. The van der Waals surface area contributed by atoms with Gasteiger partial charge in [-0.2, -0.15) is 4.98 Å². The monoisotopic (exact) mass is 294 g/mol. The Balaban J connectivity index is 2.20. The van der Waals surface area contributed by atoms with E-state index in [1.165, 1.54) is 0 Å². The average molecular weight is 294 g/mol. The number of nitrogens with two attached hydrogens (primary N) is 2. The van der Waals surface area contributed by atoms with E-state index in [1.807, 2.05) is 50.2 Å². The van der Waals surface area contributed by atoms with Crippen molar-refractivity contribution in [3.8, 4) is 16.9 Å². The summed E-state index contributed by atoms with van der Waals surface area (Å²) in [5.41, 5.74) is 15.6. The molecule has 0 saturated heterocycles. The Morgan fingerprint density at radius 1 is 1.09 bits per heavy atom. The standard InChI is InChI=1S/C17H18N4O/c1-3-22-12-6-4-5-11(9-12)13-7-8-14-15(10(13)2)16(18)21-17(19)20-14/h4-9H,3H2,1-2H3,(H4,18,19,20,21). The Labute approximate surface area is 128 Å². The van der Waals surface area contributed by atoms with Crippen molar-refractivity contribution in [3.05, 3.63) is 42.0 Å². The molecule has 0 unspecified atom stereocenters. The third-order valence-corrected chi connectivity index (χ3v) is 3.63. The molecule has 2 aromatic carbocycles. The van der Waals surface area contributed by atoms with Crippen molar-refractivity contribution in [3.63, 3.8) is 0 Å². The number of aromatic nitrogens is 2. The maximum Gasteiger partial charge on any atom is 0.222 e.